The average molecular weight is 362 g/mol. The smallest absolute Gasteiger partial charge is 0.322 e. The Labute approximate surface area is 151 Å². The second kappa shape index (κ2) is 7.57. The molecular formula is C17H20ClN5O2. The van der Waals surface area contributed by atoms with Gasteiger partial charge in [-0.05, 0) is 12.1 Å². The summed E-state index contributed by atoms with van der Waals surface area (Å²) < 4.78 is 5.87. The zero-order valence-corrected chi connectivity index (χ0v) is 14.9. The Kier molecular flexibility index (Phi) is 5.23. The van der Waals surface area contributed by atoms with E-state index in [1.165, 1.54) is 0 Å². The zero-order chi connectivity index (χ0) is 17.8. The van der Waals surface area contributed by atoms with Gasteiger partial charge in [0.05, 0.1) is 29.6 Å². The molecule has 2 aromatic rings. The van der Waals surface area contributed by atoms with Crippen LogP contribution >= 0.6 is 11.6 Å². The van der Waals surface area contributed by atoms with Crippen LogP contribution in [0.25, 0.3) is 0 Å². The number of carbonyl (C=O) groups excluding carboxylic acids is 1. The molecule has 25 heavy (non-hydrogen) atoms. The van der Waals surface area contributed by atoms with Crippen LogP contribution in [-0.4, -0.2) is 54.2 Å². The molecule has 1 atom stereocenters. The van der Waals surface area contributed by atoms with E-state index in [9.17, 15) is 4.79 Å². The van der Waals surface area contributed by atoms with Crippen molar-refractivity contribution in [3.05, 3.63) is 41.7 Å². The Balaban J connectivity index is 1.57. The van der Waals surface area contributed by atoms with Crippen molar-refractivity contribution in [2.75, 3.05) is 37.4 Å². The zero-order valence-electron chi connectivity index (χ0n) is 14.1. The number of hydrogen-bond donors (Lipinski definition) is 1. The maximum Gasteiger partial charge on any atom is 0.322 e. The van der Waals surface area contributed by atoms with Crippen molar-refractivity contribution in [1.29, 1.82) is 0 Å². The van der Waals surface area contributed by atoms with E-state index in [0.717, 1.165) is 12.2 Å². The number of benzene rings is 1. The van der Waals surface area contributed by atoms with Gasteiger partial charge >= 0.3 is 6.03 Å². The van der Waals surface area contributed by atoms with Crippen LogP contribution in [-0.2, 0) is 0 Å². The van der Waals surface area contributed by atoms with Crippen molar-refractivity contribution in [2.45, 2.75) is 12.5 Å². The maximum absolute atomic E-state index is 12.4. The molecule has 1 aromatic heterocycles. The lowest BCUT2D eigenvalue weighted by Crippen LogP contribution is -2.34. The molecule has 0 aliphatic carbocycles. The van der Waals surface area contributed by atoms with Crippen LogP contribution in [0.5, 0.6) is 5.88 Å². The number of anilines is 2. The number of rotatable bonds is 4. The number of urea groups is 1. The Morgan fingerprint density at radius 3 is 2.92 bits per heavy atom. The summed E-state index contributed by atoms with van der Waals surface area (Å²) in [6.45, 7) is 1.10. The summed E-state index contributed by atoms with van der Waals surface area (Å²) in [4.78, 5) is 24.5. The molecule has 2 amide bonds. The van der Waals surface area contributed by atoms with Crippen LogP contribution in [0.2, 0.25) is 5.02 Å². The lowest BCUT2D eigenvalue weighted by molar-refractivity contribution is 0.189. The quantitative estimate of drug-likeness (QED) is 0.906. The van der Waals surface area contributed by atoms with E-state index in [0.29, 0.717) is 29.7 Å². The molecule has 0 bridgehead atoms. The molecule has 0 spiro atoms. The monoisotopic (exact) mass is 361 g/mol. The van der Waals surface area contributed by atoms with E-state index in [1.807, 2.05) is 31.1 Å². The minimum Gasteiger partial charge on any atom is -0.471 e. The van der Waals surface area contributed by atoms with Crippen LogP contribution < -0.4 is 15.0 Å². The van der Waals surface area contributed by atoms with E-state index in [1.54, 1.807) is 29.4 Å². The summed E-state index contributed by atoms with van der Waals surface area (Å²) in [5, 5.41) is 3.34. The van der Waals surface area contributed by atoms with Gasteiger partial charge in [0.15, 0.2) is 5.82 Å². The van der Waals surface area contributed by atoms with Crippen molar-refractivity contribution in [3.8, 4) is 5.88 Å². The molecule has 1 aliphatic rings. The van der Waals surface area contributed by atoms with Crippen molar-refractivity contribution < 1.29 is 9.53 Å². The Morgan fingerprint density at radius 1 is 1.36 bits per heavy atom. The van der Waals surface area contributed by atoms with E-state index >= 15 is 0 Å². The molecule has 7 nitrogen and oxygen atoms in total. The first-order valence-corrected chi connectivity index (χ1v) is 8.37. The van der Waals surface area contributed by atoms with E-state index in [-0.39, 0.29) is 12.1 Å². The van der Waals surface area contributed by atoms with Gasteiger partial charge in [0.1, 0.15) is 6.10 Å². The molecule has 1 aromatic carbocycles. The molecule has 1 fully saturated rings. The predicted octanol–water partition coefficient (Wildman–Crippen LogP) is 2.88. The second-order valence-corrected chi connectivity index (χ2v) is 6.40. The highest BCUT2D eigenvalue weighted by molar-refractivity contribution is 6.33. The Hall–Kier alpha value is -2.54. The highest BCUT2D eigenvalue weighted by Crippen LogP contribution is 2.22. The van der Waals surface area contributed by atoms with Crippen LogP contribution in [0.4, 0.5) is 16.3 Å². The van der Waals surface area contributed by atoms with Gasteiger partial charge in [-0.2, -0.15) is 4.98 Å². The second-order valence-electron chi connectivity index (χ2n) is 5.99. The largest absolute Gasteiger partial charge is 0.471 e. The van der Waals surface area contributed by atoms with Gasteiger partial charge in [-0.1, -0.05) is 23.7 Å². The van der Waals surface area contributed by atoms with Crippen molar-refractivity contribution in [3.63, 3.8) is 0 Å². The van der Waals surface area contributed by atoms with Crippen LogP contribution in [0.15, 0.2) is 36.7 Å². The third-order valence-corrected chi connectivity index (χ3v) is 4.22. The summed E-state index contributed by atoms with van der Waals surface area (Å²) >= 11 is 6.07. The standard InChI is InChI=1S/C17H20ClN5O2/c1-22(2)15-9-19-10-16(21-15)25-12-7-8-23(11-12)17(24)20-14-6-4-3-5-13(14)18/h3-6,9-10,12H,7-8,11H2,1-2H3,(H,20,24). The highest BCUT2D eigenvalue weighted by atomic mass is 35.5. The van der Waals surface area contributed by atoms with Gasteiger partial charge in [0, 0.05) is 27.1 Å². The summed E-state index contributed by atoms with van der Waals surface area (Å²) in [5.74, 6) is 1.19. The number of aromatic nitrogens is 2. The number of likely N-dealkylation sites (tertiary alicyclic amines) is 1. The molecule has 132 valence electrons. The molecular weight excluding hydrogens is 342 g/mol. The van der Waals surface area contributed by atoms with Gasteiger partial charge < -0.3 is 19.9 Å². The number of amides is 2. The average Bonchev–Trinajstić information content (AvgIpc) is 3.06. The Morgan fingerprint density at radius 2 is 2.16 bits per heavy atom. The number of hydrogen-bond acceptors (Lipinski definition) is 5. The number of ether oxygens (including phenoxy) is 1. The normalized spacial score (nSPS) is 16.6. The molecule has 0 saturated carbocycles. The predicted molar refractivity (Wildman–Crippen MR) is 97.4 cm³/mol. The minimum atomic E-state index is -0.188. The molecule has 1 saturated heterocycles. The number of halogens is 1. The number of nitrogens with zero attached hydrogens (tertiary/aromatic N) is 4. The summed E-state index contributed by atoms with van der Waals surface area (Å²) in [6, 6.07) is 6.97. The fourth-order valence-electron chi connectivity index (χ4n) is 2.55. The third kappa shape index (κ3) is 4.30. The van der Waals surface area contributed by atoms with E-state index in [2.05, 4.69) is 15.3 Å². The fourth-order valence-corrected chi connectivity index (χ4v) is 2.73. The van der Waals surface area contributed by atoms with Gasteiger partial charge in [0.25, 0.3) is 0 Å². The summed E-state index contributed by atoms with van der Waals surface area (Å²) in [5.41, 5.74) is 0.600. The summed E-state index contributed by atoms with van der Waals surface area (Å²) in [7, 11) is 3.79. The minimum absolute atomic E-state index is 0.108. The van der Waals surface area contributed by atoms with Gasteiger partial charge in [-0.25, -0.2) is 4.79 Å². The lowest BCUT2D eigenvalue weighted by Gasteiger charge is -2.18. The van der Waals surface area contributed by atoms with Crippen molar-refractivity contribution >= 4 is 29.1 Å². The molecule has 1 unspecified atom stereocenters. The first-order chi connectivity index (χ1) is 12.0. The molecule has 3 rings (SSSR count). The van der Waals surface area contributed by atoms with Crippen molar-refractivity contribution in [1.82, 2.24) is 14.9 Å². The molecule has 1 aliphatic heterocycles. The lowest BCUT2D eigenvalue weighted by atomic mass is 10.3. The maximum atomic E-state index is 12.4. The van der Waals surface area contributed by atoms with Crippen molar-refractivity contribution in [2.24, 2.45) is 0 Å². The summed E-state index contributed by atoms with van der Waals surface area (Å²) in [6.07, 6.45) is 3.89. The van der Waals surface area contributed by atoms with Crippen LogP contribution in [0.3, 0.4) is 0 Å². The number of carbonyl (C=O) groups is 1. The van der Waals surface area contributed by atoms with E-state index < -0.39 is 0 Å². The van der Waals surface area contributed by atoms with Crippen LogP contribution in [0.1, 0.15) is 6.42 Å². The van der Waals surface area contributed by atoms with Gasteiger partial charge in [0.2, 0.25) is 5.88 Å². The van der Waals surface area contributed by atoms with E-state index in [4.69, 9.17) is 16.3 Å². The van der Waals surface area contributed by atoms with Gasteiger partial charge in [-0.3, -0.25) is 4.98 Å². The molecule has 8 heteroatoms. The third-order valence-electron chi connectivity index (χ3n) is 3.89. The van der Waals surface area contributed by atoms with Crippen LogP contribution in [0, 0.1) is 0 Å². The fraction of sp³-hybridized carbons (Fsp3) is 0.353. The number of para-hydroxylation sites is 1. The Bertz CT molecular complexity index is 755. The molecule has 1 N–H and O–H groups in total. The molecule has 2 heterocycles. The first kappa shape index (κ1) is 17.3. The first-order valence-electron chi connectivity index (χ1n) is 7.99. The SMILES string of the molecule is CN(C)c1cncc(OC2CCN(C(=O)Nc3ccccc3Cl)C2)n1. The number of nitrogens with one attached hydrogen (secondary N) is 1. The topological polar surface area (TPSA) is 70.6 Å². The highest BCUT2D eigenvalue weighted by Gasteiger charge is 2.28. The molecule has 0 radical (unpaired) electrons. The van der Waals surface area contributed by atoms with Gasteiger partial charge in [-0.15, -0.1) is 0 Å².